The molecule has 2 aromatic rings. The lowest BCUT2D eigenvalue weighted by molar-refractivity contribution is -0.140. The molecule has 0 saturated heterocycles. The zero-order valence-corrected chi connectivity index (χ0v) is 16.9. The van der Waals surface area contributed by atoms with Crippen LogP contribution < -0.4 is 0 Å². The van der Waals surface area contributed by atoms with Gasteiger partial charge in [0.25, 0.3) is 0 Å². The van der Waals surface area contributed by atoms with Crippen molar-refractivity contribution in [2.24, 2.45) is 0 Å². The zero-order valence-electron chi connectivity index (χ0n) is 16.9. The van der Waals surface area contributed by atoms with Gasteiger partial charge in [-0.3, -0.25) is 14.4 Å². The average Bonchev–Trinajstić information content (AvgIpc) is 2.70. The highest BCUT2D eigenvalue weighted by Crippen LogP contribution is 2.34. The highest BCUT2D eigenvalue weighted by Gasteiger charge is 2.31. The van der Waals surface area contributed by atoms with Gasteiger partial charge < -0.3 is 4.74 Å². The van der Waals surface area contributed by atoms with Crippen molar-refractivity contribution in [3.8, 4) is 0 Å². The van der Waals surface area contributed by atoms with E-state index in [1.54, 1.807) is 12.1 Å². The summed E-state index contributed by atoms with van der Waals surface area (Å²) in [5, 5.41) is 0. The molecule has 1 aliphatic carbocycles. The van der Waals surface area contributed by atoms with Crippen molar-refractivity contribution in [2.75, 3.05) is 7.11 Å². The van der Waals surface area contributed by atoms with Crippen LogP contribution >= 0.6 is 0 Å². The number of aryl methyl sites for hydroxylation is 1. The molecular formula is C24H26O4. The second-order valence-corrected chi connectivity index (χ2v) is 7.97. The summed E-state index contributed by atoms with van der Waals surface area (Å²) in [6.45, 7) is 6.20. The zero-order chi connectivity index (χ0) is 20.5. The number of rotatable bonds is 6. The maximum Gasteiger partial charge on any atom is 0.305 e. The Kier molecular flexibility index (Phi) is 5.50. The Morgan fingerprint density at radius 3 is 2.18 bits per heavy atom. The van der Waals surface area contributed by atoms with Gasteiger partial charge in [-0.15, -0.1) is 0 Å². The summed E-state index contributed by atoms with van der Waals surface area (Å²) in [6, 6.07) is 11.1. The van der Waals surface area contributed by atoms with Crippen molar-refractivity contribution in [1.29, 1.82) is 0 Å². The lowest BCUT2D eigenvalue weighted by atomic mass is 9.76. The van der Waals surface area contributed by atoms with Crippen LogP contribution in [-0.4, -0.2) is 24.6 Å². The summed E-state index contributed by atoms with van der Waals surface area (Å²) in [5.74, 6) is -0.403. The fraction of sp³-hybridized carbons (Fsp3) is 0.375. The molecule has 0 aliphatic heterocycles. The van der Waals surface area contributed by atoms with E-state index in [1.807, 2.05) is 31.2 Å². The van der Waals surface area contributed by atoms with E-state index in [0.717, 1.165) is 24.0 Å². The molecule has 28 heavy (non-hydrogen) atoms. The molecule has 4 heteroatoms. The summed E-state index contributed by atoms with van der Waals surface area (Å²) < 4.78 is 4.70. The van der Waals surface area contributed by atoms with E-state index >= 15 is 0 Å². The number of methoxy groups -OCH3 is 1. The standard InChI is InChI=1S/C24H26O4/c1-5-15-8-10-17-19(13-15)23(27)20-14-16(9-11-18(20)22(17)26)24(2,3)12-6-7-21(25)28-4/h8-11,13-14H,5-7,12H2,1-4H3. The Morgan fingerprint density at radius 1 is 0.929 bits per heavy atom. The Hall–Kier alpha value is -2.75. The lowest BCUT2D eigenvalue weighted by Gasteiger charge is -2.27. The largest absolute Gasteiger partial charge is 0.469 e. The van der Waals surface area contributed by atoms with E-state index in [4.69, 9.17) is 4.74 Å². The molecule has 0 bridgehead atoms. The first kappa shape index (κ1) is 20.0. The van der Waals surface area contributed by atoms with Gasteiger partial charge in [-0.1, -0.05) is 39.0 Å². The van der Waals surface area contributed by atoms with Crippen LogP contribution in [-0.2, 0) is 21.4 Å². The molecule has 2 aromatic carbocycles. The third-order valence-corrected chi connectivity index (χ3v) is 5.68. The van der Waals surface area contributed by atoms with Gasteiger partial charge in [0.1, 0.15) is 0 Å². The summed E-state index contributed by atoms with van der Waals surface area (Å²) in [7, 11) is 1.39. The van der Waals surface area contributed by atoms with Crippen LogP contribution in [0.15, 0.2) is 36.4 Å². The smallest absolute Gasteiger partial charge is 0.305 e. The molecule has 3 rings (SSSR count). The normalized spacial score (nSPS) is 13.1. The Balaban J connectivity index is 1.93. The van der Waals surface area contributed by atoms with Gasteiger partial charge in [0.05, 0.1) is 7.11 Å². The topological polar surface area (TPSA) is 60.4 Å². The van der Waals surface area contributed by atoms with E-state index in [-0.39, 0.29) is 23.0 Å². The number of fused-ring (bicyclic) bond motifs is 2. The van der Waals surface area contributed by atoms with Gasteiger partial charge in [0.15, 0.2) is 11.6 Å². The quantitative estimate of drug-likeness (QED) is 0.586. The fourth-order valence-corrected chi connectivity index (χ4v) is 3.76. The minimum Gasteiger partial charge on any atom is -0.469 e. The molecule has 0 heterocycles. The number of esters is 1. The van der Waals surface area contributed by atoms with Gasteiger partial charge >= 0.3 is 5.97 Å². The van der Waals surface area contributed by atoms with Gasteiger partial charge in [-0.2, -0.15) is 0 Å². The highest BCUT2D eigenvalue weighted by atomic mass is 16.5. The van der Waals surface area contributed by atoms with Crippen LogP contribution in [0.3, 0.4) is 0 Å². The van der Waals surface area contributed by atoms with Crippen molar-refractivity contribution in [1.82, 2.24) is 0 Å². The first-order chi connectivity index (χ1) is 13.3. The van der Waals surface area contributed by atoms with Gasteiger partial charge in [-0.25, -0.2) is 0 Å². The molecule has 0 atom stereocenters. The van der Waals surface area contributed by atoms with Crippen LogP contribution in [0.5, 0.6) is 0 Å². The van der Waals surface area contributed by atoms with E-state index in [1.165, 1.54) is 7.11 Å². The molecule has 0 fully saturated rings. The van der Waals surface area contributed by atoms with Gasteiger partial charge in [-0.05, 0) is 54.0 Å². The molecule has 0 spiro atoms. The predicted octanol–water partition coefficient (Wildman–Crippen LogP) is 4.65. The maximum atomic E-state index is 13.1. The van der Waals surface area contributed by atoms with E-state index in [9.17, 15) is 14.4 Å². The lowest BCUT2D eigenvalue weighted by Crippen LogP contribution is -2.24. The minimum absolute atomic E-state index is 0.0906. The molecule has 0 unspecified atom stereocenters. The van der Waals surface area contributed by atoms with Crippen molar-refractivity contribution in [3.05, 3.63) is 69.8 Å². The number of benzene rings is 2. The molecule has 0 N–H and O–H groups in total. The number of carbonyl (C=O) groups excluding carboxylic acids is 3. The third kappa shape index (κ3) is 3.64. The number of carbonyl (C=O) groups is 3. The molecule has 4 nitrogen and oxygen atoms in total. The minimum atomic E-state index is -0.224. The van der Waals surface area contributed by atoms with Crippen LogP contribution in [0.4, 0.5) is 0 Å². The maximum absolute atomic E-state index is 13.1. The summed E-state index contributed by atoms with van der Waals surface area (Å²) in [4.78, 5) is 37.4. The van der Waals surface area contributed by atoms with E-state index in [0.29, 0.717) is 35.1 Å². The van der Waals surface area contributed by atoms with Crippen molar-refractivity contribution < 1.29 is 19.1 Å². The summed E-state index contributed by atoms with van der Waals surface area (Å²) in [6.07, 6.45) is 2.66. The average molecular weight is 378 g/mol. The summed E-state index contributed by atoms with van der Waals surface area (Å²) in [5.41, 5.74) is 3.74. The number of ether oxygens (including phenoxy) is 1. The van der Waals surface area contributed by atoms with Gasteiger partial charge in [0.2, 0.25) is 0 Å². The second kappa shape index (κ2) is 7.70. The molecule has 0 radical (unpaired) electrons. The van der Waals surface area contributed by atoms with Crippen LogP contribution in [0.2, 0.25) is 0 Å². The Morgan fingerprint density at radius 2 is 1.54 bits per heavy atom. The predicted molar refractivity (Wildman–Crippen MR) is 108 cm³/mol. The first-order valence-electron chi connectivity index (χ1n) is 9.72. The summed E-state index contributed by atoms with van der Waals surface area (Å²) >= 11 is 0. The van der Waals surface area contributed by atoms with Crippen LogP contribution in [0.25, 0.3) is 0 Å². The SMILES string of the molecule is CCc1ccc2c(c1)C(=O)c1cc(C(C)(C)CCCC(=O)OC)ccc1C2=O. The third-order valence-electron chi connectivity index (χ3n) is 5.68. The fourth-order valence-electron chi connectivity index (χ4n) is 3.76. The van der Waals surface area contributed by atoms with E-state index in [2.05, 4.69) is 13.8 Å². The molecule has 0 amide bonds. The number of ketones is 2. The van der Waals surface area contributed by atoms with Gasteiger partial charge in [0, 0.05) is 28.7 Å². The van der Waals surface area contributed by atoms with Crippen LogP contribution in [0.1, 0.15) is 83.0 Å². The Labute approximate surface area is 165 Å². The van der Waals surface area contributed by atoms with Crippen LogP contribution in [0, 0.1) is 0 Å². The monoisotopic (exact) mass is 378 g/mol. The van der Waals surface area contributed by atoms with Crippen molar-refractivity contribution in [3.63, 3.8) is 0 Å². The second-order valence-electron chi connectivity index (χ2n) is 7.97. The molecule has 1 aliphatic rings. The first-order valence-corrected chi connectivity index (χ1v) is 9.72. The van der Waals surface area contributed by atoms with Crippen molar-refractivity contribution in [2.45, 2.75) is 51.9 Å². The molecule has 146 valence electrons. The Bertz CT molecular complexity index is 953. The number of hydrogen-bond acceptors (Lipinski definition) is 4. The molecule has 0 saturated carbocycles. The molecule has 0 aromatic heterocycles. The van der Waals surface area contributed by atoms with Crippen molar-refractivity contribution >= 4 is 17.5 Å². The molecular weight excluding hydrogens is 352 g/mol. The number of hydrogen-bond donors (Lipinski definition) is 0. The highest BCUT2D eigenvalue weighted by molar-refractivity contribution is 6.28. The van der Waals surface area contributed by atoms with E-state index < -0.39 is 0 Å².